The SMILES string of the molecule is C=CC(=O)OCCOC([O-])=C1C=CC=C1. The van der Waals surface area contributed by atoms with Crippen LogP contribution in [-0.2, 0) is 14.3 Å². The Morgan fingerprint density at radius 2 is 1.93 bits per heavy atom. The van der Waals surface area contributed by atoms with Gasteiger partial charge in [0.25, 0.3) is 0 Å². The van der Waals surface area contributed by atoms with Crippen LogP contribution >= 0.6 is 0 Å². The highest BCUT2D eigenvalue weighted by molar-refractivity contribution is 5.81. The molecule has 1 aliphatic rings. The van der Waals surface area contributed by atoms with Gasteiger partial charge in [0.15, 0.2) is 0 Å². The van der Waals surface area contributed by atoms with E-state index in [-0.39, 0.29) is 13.2 Å². The summed E-state index contributed by atoms with van der Waals surface area (Å²) in [5, 5.41) is 11.2. The van der Waals surface area contributed by atoms with Crippen LogP contribution in [0.2, 0.25) is 0 Å². The Labute approximate surface area is 87.8 Å². The van der Waals surface area contributed by atoms with Crippen molar-refractivity contribution in [3.05, 3.63) is 48.5 Å². The average Bonchev–Trinajstić information content (AvgIpc) is 2.77. The number of allylic oxidation sites excluding steroid dienone is 5. The van der Waals surface area contributed by atoms with Gasteiger partial charge in [-0.25, -0.2) is 4.79 Å². The molecule has 0 saturated carbocycles. The van der Waals surface area contributed by atoms with E-state index < -0.39 is 11.9 Å². The second-order valence-corrected chi connectivity index (χ2v) is 2.68. The second-order valence-electron chi connectivity index (χ2n) is 2.68. The Balaban J connectivity index is 2.23. The fourth-order valence-corrected chi connectivity index (χ4v) is 0.929. The molecule has 0 heterocycles. The normalized spacial score (nSPS) is 12.7. The molecule has 0 atom stereocenters. The number of esters is 1. The van der Waals surface area contributed by atoms with Crippen LogP contribution < -0.4 is 5.11 Å². The lowest BCUT2D eigenvalue weighted by molar-refractivity contribution is -0.358. The van der Waals surface area contributed by atoms with Gasteiger partial charge in [0.2, 0.25) is 0 Å². The van der Waals surface area contributed by atoms with Gasteiger partial charge >= 0.3 is 5.97 Å². The quantitative estimate of drug-likeness (QED) is 0.284. The Bertz CT molecular complexity index is 322. The van der Waals surface area contributed by atoms with Crippen LogP contribution in [0.15, 0.2) is 48.5 Å². The van der Waals surface area contributed by atoms with E-state index in [2.05, 4.69) is 11.3 Å². The van der Waals surface area contributed by atoms with Crippen molar-refractivity contribution in [1.82, 2.24) is 0 Å². The molecule has 0 N–H and O–H groups in total. The highest BCUT2D eigenvalue weighted by Crippen LogP contribution is 2.10. The van der Waals surface area contributed by atoms with Gasteiger partial charge in [-0.2, -0.15) is 0 Å². The first-order valence-electron chi connectivity index (χ1n) is 4.42. The molecule has 0 aliphatic heterocycles. The van der Waals surface area contributed by atoms with Gasteiger partial charge in [-0.15, -0.1) is 0 Å². The summed E-state index contributed by atoms with van der Waals surface area (Å²) in [6.45, 7) is 3.32. The van der Waals surface area contributed by atoms with Crippen molar-refractivity contribution in [2.45, 2.75) is 0 Å². The summed E-state index contributed by atoms with van der Waals surface area (Å²) in [5.74, 6) is -0.950. The fraction of sp³-hybridized carbons (Fsp3) is 0.182. The molecule has 0 fully saturated rings. The van der Waals surface area contributed by atoms with Crippen LogP contribution in [0.3, 0.4) is 0 Å². The molecular formula is C11H11O4-. The molecule has 0 unspecified atom stereocenters. The summed E-state index contributed by atoms with van der Waals surface area (Å²) in [6, 6.07) is 0. The van der Waals surface area contributed by atoms with Crippen LogP contribution in [0.5, 0.6) is 0 Å². The van der Waals surface area contributed by atoms with Crippen LogP contribution in [0, 0.1) is 0 Å². The zero-order valence-electron chi connectivity index (χ0n) is 8.14. The molecule has 0 aromatic carbocycles. The molecular weight excluding hydrogens is 196 g/mol. The third kappa shape index (κ3) is 3.72. The monoisotopic (exact) mass is 207 g/mol. The maximum Gasteiger partial charge on any atom is 0.330 e. The van der Waals surface area contributed by atoms with Crippen molar-refractivity contribution in [1.29, 1.82) is 0 Å². The molecule has 1 rings (SSSR count). The van der Waals surface area contributed by atoms with Crippen molar-refractivity contribution in [2.24, 2.45) is 0 Å². The Morgan fingerprint density at radius 3 is 2.53 bits per heavy atom. The summed E-state index contributed by atoms with van der Waals surface area (Å²) in [6.07, 6.45) is 7.85. The third-order valence-electron chi connectivity index (χ3n) is 1.63. The van der Waals surface area contributed by atoms with E-state index in [1.165, 1.54) is 0 Å². The van der Waals surface area contributed by atoms with E-state index in [1.54, 1.807) is 24.3 Å². The first-order chi connectivity index (χ1) is 7.24. The number of hydrogen-bond acceptors (Lipinski definition) is 4. The van der Waals surface area contributed by atoms with Crippen LogP contribution in [0.1, 0.15) is 0 Å². The fourth-order valence-electron chi connectivity index (χ4n) is 0.929. The molecule has 0 aromatic heterocycles. The van der Waals surface area contributed by atoms with E-state index in [9.17, 15) is 9.90 Å². The Morgan fingerprint density at radius 1 is 1.33 bits per heavy atom. The second kappa shape index (κ2) is 5.70. The van der Waals surface area contributed by atoms with Gasteiger partial charge in [0.05, 0.1) is 5.95 Å². The number of ether oxygens (including phenoxy) is 2. The topological polar surface area (TPSA) is 58.6 Å². The first kappa shape index (κ1) is 11.1. The predicted octanol–water partition coefficient (Wildman–Crippen LogP) is 0.430. The number of hydrogen-bond donors (Lipinski definition) is 0. The molecule has 0 bridgehead atoms. The minimum Gasteiger partial charge on any atom is -0.609 e. The van der Waals surface area contributed by atoms with Gasteiger partial charge < -0.3 is 14.6 Å². The zero-order valence-corrected chi connectivity index (χ0v) is 8.14. The lowest BCUT2D eigenvalue weighted by atomic mass is 10.3. The maximum atomic E-state index is 11.2. The highest BCUT2D eigenvalue weighted by Gasteiger charge is 1.96. The number of carbonyl (C=O) groups excluding carboxylic acids is 1. The summed E-state index contributed by atoms with van der Waals surface area (Å²) in [5.41, 5.74) is 0.491. The maximum absolute atomic E-state index is 11.2. The molecule has 0 aromatic rings. The van der Waals surface area contributed by atoms with Crippen molar-refractivity contribution < 1.29 is 19.4 Å². The molecule has 0 saturated heterocycles. The van der Waals surface area contributed by atoms with E-state index in [1.807, 2.05) is 0 Å². The number of carbonyl (C=O) groups is 1. The summed E-state index contributed by atoms with van der Waals surface area (Å²) < 4.78 is 9.46. The van der Waals surface area contributed by atoms with Gasteiger partial charge in [-0.1, -0.05) is 30.9 Å². The van der Waals surface area contributed by atoms with Crippen LogP contribution in [-0.4, -0.2) is 19.2 Å². The molecule has 4 nitrogen and oxygen atoms in total. The molecule has 4 heteroatoms. The molecule has 0 amide bonds. The van der Waals surface area contributed by atoms with Crippen LogP contribution in [0.25, 0.3) is 0 Å². The lowest BCUT2D eigenvalue weighted by Gasteiger charge is -2.16. The Kier molecular flexibility index (Phi) is 4.22. The standard InChI is InChI=1S/C11H12O4/c1-2-10(12)14-7-8-15-11(13)9-5-3-4-6-9/h2-6,13H,1,7-8H2/p-1. The van der Waals surface area contributed by atoms with Crippen LogP contribution in [0.4, 0.5) is 0 Å². The molecule has 15 heavy (non-hydrogen) atoms. The zero-order chi connectivity index (χ0) is 11.1. The third-order valence-corrected chi connectivity index (χ3v) is 1.63. The summed E-state index contributed by atoms with van der Waals surface area (Å²) in [4.78, 5) is 10.6. The first-order valence-corrected chi connectivity index (χ1v) is 4.42. The van der Waals surface area contributed by atoms with Crippen molar-refractivity contribution in [3.8, 4) is 0 Å². The summed E-state index contributed by atoms with van der Waals surface area (Å²) in [7, 11) is 0. The van der Waals surface area contributed by atoms with Gasteiger partial charge in [-0.05, 0) is 5.57 Å². The lowest BCUT2D eigenvalue weighted by Crippen LogP contribution is -2.15. The van der Waals surface area contributed by atoms with Gasteiger partial charge in [0, 0.05) is 12.7 Å². The Hall–Kier alpha value is -1.97. The van der Waals surface area contributed by atoms with Gasteiger partial charge in [0.1, 0.15) is 6.61 Å². The molecule has 80 valence electrons. The van der Waals surface area contributed by atoms with E-state index in [4.69, 9.17) is 4.74 Å². The molecule has 0 spiro atoms. The van der Waals surface area contributed by atoms with Crippen molar-refractivity contribution in [3.63, 3.8) is 0 Å². The summed E-state index contributed by atoms with van der Waals surface area (Å²) >= 11 is 0. The van der Waals surface area contributed by atoms with E-state index >= 15 is 0 Å². The predicted molar refractivity (Wildman–Crippen MR) is 52.4 cm³/mol. The highest BCUT2D eigenvalue weighted by atomic mass is 16.6. The minimum absolute atomic E-state index is 0.0390. The largest absolute Gasteiger partial charge is 0.609 e. The minimum atomic E-state index is -0.528. The van der Waals surface area contributed by atoms with E-state index in [0.717, 1.165) is 6.08 Å². The van der Waals surface area contributed by atoms with Gasteiger partial charge in [-0.3, -0.25) is 0 Å². The average molecular weight is 207 g/mol. The number of rotatable bonds is 5. The smallest absolute Gasteiger partial charge is 0.330 e. The van der Waals surface area contributed by atoms with E-state index in [0.29, 0.717) is 5.57 Å². The van der Waals surface area contributed by atoms with Crippen molar-refractivity contribution >= 4 is 5.97 Å². The molecule has 1 aliphatic carbocycles. The molecule has 0 radical (unpaired) electrons. The van der Waals surface area contributed by atoms with Crippen molar-refractivity contribution in [2.75, 3.05) is 13.2 Å².